The predicted octanol–water partition coefficient (Wildman–Crippen LogP) is 3.28. The Morgan fingerprint density at radius 2 is 1.84 bits per heavy atom. The van der Waals surface area contributed by atoms with Gasteiger partial charge in [-0.1, -0.05) is 18.2 Å². The van der Waals surface area contributed by atoms with Crippen LogP contribution in [0.1, 0.15) is 30.5 Å². The van der Waals surface area contributed by atoms with Gasteiger partial charge in [0.05, 0.1) is 13.2 Å². The van der Waals surface area contributed by atoms with E-state index in [-0.39, 0.29) is 11.9 Å². The summed E-state index contributed by atoms with van der Waals surface area (Å²) in [5.74, 6) is 2.34. The quantitative estimate of drug-likeness (QED) is 0.876. The second kappa shape index (κ2) is 7.92. The molecular weight excluding hydrogens is 318 g/mol. The van der Waals surface area contributed by atoms with E-state index in [2.05, 4.69) is 5.32 Å². The second-order valence-corrected chi connectivity index (χ2v) is 6.04. The molecular formula is C20H23NO4. The maximum Gasteiger partial charge on any atom is 0.220 e. The average molecular weight is 341 g/mol. The van der Waals surface area contributed by atoms with Gasteiger partial charge in [0.1, 0.15) is 19.0 Å². The zero-order valence-electron chi connectivity index (χ0n) is 14.6. The number of rotatable bonds is 6. The van der Waals surface area contributed by atoms with Crippen LogP contribution in [0.2, 0.25) is 0 Å². The van der Waals surface area contributed by atoms with Crippen molar-refractivity contribution in [3.05, 3.63) is 53.6 Å². The van der Waals surface area contributed by atoms with Gasteiger partial charge in [-0.05, 0) is 48.7 Å². The van der Waals surface area contributed by atoms with Gasteiger partial charge in [0.25, 0.3) is 0 Å². The first-order valence-electron chi connectivity index (χ1n) is 8.47. The summed E-state index contributed by atoms with van der Waals surface area (Å²) in [5.41, 5.74) is 2.12. The van der Waals surface area contributed by atoms with Crippen LogP contribution in [0.5, 0.6) is 17.2 Å². The van der Waals surface area contributed by atoms with Crippen LogP contribution in [0, 0.1) is 0 Å². The molecule has 25 heavy (non-hydrogen) atoms. The number of amides is 1. The van der Waals surface area contributed by atoms with E-state index in [1.165, 1.54) is 0 Å². The zero-order chi connectivity index (χ0) is 17.6. The summed E-state index contributed by atoms with van der Waals surface area (Å²) in [5, 5.41) is 3.04. The van der Waals surface area contributed by atoms with Crippen molar-refractivity contribution in [1.29, 1.82) is 0 Å². The molecule has 0 fully saturated rings. The summed E-state index contributed by atoms with van der Waals surface area (Å²) in [6.45, 7) is 3.10. The minimum Gasteiger partial charge on any atom is -0.497 e. The number of hydrogen-bond donors (Lipinski definition) is 1. The van der Waals surface area contributed by atoms with Crippen molar-refractivity contribution in [2.24, 2.45) is 0 Å². The third kappa shape index (κ3) is 4.44. The number of carbonyl (C=O) groups is 1. The standard InChI is InChI=1S/C20H23NO4/c1-14(16-6-9-18-19(13-16)25-12-11-24-18)21-20(22)10-5-15-3-7-17(23-2)8-4-15/h3-4,6-9,13-14H,5,10-12H2,1-2H3,(H,21,22)/t14-/m1/s1. The number of fused-ring (bicyclic) bond motifs is 1. The molecule has 3 rings (SSSR count). The molecule has 2 aromatic carbocycles. The van der Waals surface area contributed by atoms with E-state index < -0.39 is 0 Å². The van der Waals surface area contributed by atoms with E-state index in [1.54, 1.807) is 7.11 Å². The molecule has 2 aromatic rings. The van der Waals surface area contributed by atoms with Gasteiger partial charge in [0.15, 0.2) is 11.5 Å². The third-order valence-corrected chi connectivity index (χ3v) is 4.24. The molecule has 0 aliphatic carbocycles. The van der Waals surface area contributed by atoms with E-state index in [0.29, 0.717) is 26.1 Å². The first-order valence-corrected chi connectivity index (χ1v) is 8.47. The number of carbonyl (C=O) groups excluding carboxylic acids is 1. The minimum absolute atomic E-state index is 0.0261. The zero-order valence-corrected chi connectivity index (χ0v) is 14.6. The molecule has 1 aliphatic heterocycles. The summed E-state index contributed by atoms with van der Waals surface area (Å²) in [4.78, 5) is 12.2. The molecule has 0 unspecified atom stereocenters. The maximum atomic E-state index is 12.2. The van der Waals surface area contributed by atoms with Crippen molar-refractivity contribution in [2.45, 2.75) is 25.8 Å². The first kappa shape index (κ1) is 17.1. The minimum atomic E-state index is -0.0841. The van der Waals surface area contributed by atoms with Gasteiger partial charge >= 0.3 is 0 Å². The van der Waals surface area contributed by atoms with Crippen LogP contribution in [0.3, 0.4) is 0 Å². The molecule has 0 aromatic heterocycles. The largest absolute Gasteiger partial charge is 0.497 e. The predicted molar refractivity (Wildman–Crippen MR) is 95.3 cm³/mol. The highest BCUT2D eigenvalue weighted by atomic mass is 16.6. The Labute approximate surface area is 147 Å². The summed E-state index contributed by atoms with van der Waals surface area (Å²) in [6.07, 6.45) is 1.14. The number of aryl methyl sites for hydroxylation is 1. The van der Waals surface area contributed by atoms with E-state index in [0.717, 1.165) is 28.4 Å². The van der Waals surface area contributed by atoms with Gasteiger partial charge in [0, 0.05) is 6.42 Å². The maximum absolute atomic E-state index is 12.2. The molecule has 1 aliphatic rings. The summed E-state index contributed by atoms with van der Waals surface area (Å²) in [6, 6.07) is 13.5. The highest BCUT2D eigenvalue weighted by Crippen LogP contribution is 2.32. The van der Waals surface area contributed by atoms with Gasteiger partial charge in [-0.2, -0.15) is 0 Å². The lowest BCUT2D eigenvalue weighted by Gasteiger charge is -2.21. The Balaban J connectivity index is 1.53. The highest BCUT2D eigenvalue weighted by molar-refractivity contribution is 5.76. The molecule has 1 N–H and O–H groups in total. The topological polar surface area (TPSA) is 56.8 Å². The van der Waals surface area contributed by atoms with Gasteiger partial charge < -0.3 is 19.5 Å². The van der Waals surface area contributed by atoms with Crippen LogP contribution in [0.15, 0.2) is 42.5 Å². The van der Waals surface area contributed by atoms with Crippen molar-refractivity contribution >= 4 is 5.91 Å². The SMILES string of the molecule is COc1ccc(CCC(=O)N[C@H](C)c2ccc3c(c2)OCCO3)cc1. The summed E-state index contributed by atoms with van der Waals surface area (Å²) >= 11 is 0. The number of nitrogens with one attached hydrogen (secondary N) is 1. The summed E-state index contributed by atoms with van der Waals surface area (Å²) in [7, 11) is 1.64. The molecule has 1 amide bonds. The number of benzene rings is 2. The monoisotopic (exact) mass is 341 g/mol. The third-order valence-electron chi connectivity index (χ3n) is 4.24. The van der Waals surface area contributed by atoms with Gasteiger partial charge in [-0.25, -0.2) is 0 Å². The molecule has 5 heteroatoms. The van der Waals surface area contributed by atoms with E-state index in [4.69, 9.17) is 14.2 Å². The Bertz CT molecular complexity index is 727. The molecule has 1 atom stereocenters. The first-order chi connectivity index (χ1) is 12.2. The van der Waals surface area contributed by atoms with Crippen LogP contribution in [-0.2, 0) is 11.2 Å². The molecule has 0 saturated heterocycles. The molecule has 1 heterocycles. The van der Waals surface area contributed by atoms with E-state index in [1.807, 2.05) is 49.4 Å². The lowest BCUT2D eigenvalue weighted by molar-refractivity contribution is -0.121. The Kier molecular flexibility index (Phi) is 5.43. The lowest BCUT2D eigenvalue weighted by atomic mass is 10.1. The van der Waals surface area contributed by atoms with Gasteiger partial charge in [0.2, 0.25) is 5.91 Å². The Hall–Kier alpha value is -2.69. The number of methoxy groups -OCH3 is 1. The van der Waals surface area contributed by atoms with Crippen molar-refractivity contribution in [3.63, 3.8) is 0 Å². The van der Waals surface area contributed by atoms with Crippen molar-refractivity contribution in [3.8, 4) is 17.2 Å². The lowest BCUT2D eigenvalue weighted by Crippen LogP contribution is -2.27. The molecule has 0 saturated carbocycles. The fourth-order valence-electron chi connectivity index (χ4n) is 2.78. The van der Waals surface area contributed by atoms with Gasteiger partial charge in [-0.15, -0.1) is 0 Å². The van der Waals surface area contributed by atoms with Crippen LogP contribution >= 0.6 is 0 Å². The van der Waals surface area contributed by atoms with E-state index in [9.17, 15) is 4.79 Å². The van der Waals surface area contributed by atoms with Crippen LogP contribution in [0.4, 0.5) is 0 Å². The van der Waals surface area contributed by atoms with Crippen LogP contribution in [0.25, 0.3) is 0 Å². The molecule has 5 nitrogen and oxygen atoms in total. The van der Waals surface area contributed by atoms with Crippen LogP contribution in [-0.4, -0.2) is 26.2 Å². The molecule has 0 bridgehead atoms. The molecule has 0 radical (unpaired) electrons. The second-order valence-electron chi connectivity index (χ2n) is 6.04. The fraction of sp³-hybridized carbons (Fsp3) is 0.350. The van der Waals surface area contributed by atoms with E-state index >= 15 is 0 Å². The number of ether oxygens (including phenoxy) is 3. The van der Waals surface area contributed by atoms with Gasteiger partial charge in [-0.3, -0.25) is 4.79 Å². The van der Waals surface area contributed by atoms with Crippen molar-refractivity contribution < 1.29 is 19.0 Å². The molecule has 0 spiro atoms. The Morgan fingerprint density at radius 3 is 2.56 bits per heavy atom. The smallest absolute Gasteiger partial charge is 0.220 e. The van der Waals surface area contributed by atoms with Crippen molar-refractivity contribution in [2.75, 3.05) is 20.3 Å². The van der Waals surface area contributed by atoms with Crippen molar-refractivity contribution in [1.82, 2.24) is 5.32 Å². The van der Waals surface area contributed by atoms with Crippen LogP contribution < -0.4 is 19.5 Å². The normalized spacial score (nSPS) is 13.8. The number of hydrogen-bond acceptors (Lipinski definition) is 4. The average Bonchev–Trinajstić information content (AvgIpc) is 2.66. The Morgan fingerprint density at radius 1 is 1.12 bits per heavy atom. The molecule has 132 valence electrons. The highest BCUT2D eigenvalue weighted by Gasteiger charge is 2.15. The fourth-order valence-corrected chi connectivity index (χ4v) is 2.78. The summed E-state index contributed by atoms with van der Waals surface area (Å²) < 4.78 is 16.3.